The molecule has 0 atom stereocenters. The first-order valence-electron chi connectivity index (χ1n) is 5.96. The molecule has 7 heteroatoms. The number of anilines is 2. The summed E-state index contributed by atoms with van der Waals surface area (Å²) in [6.07, 6.45) is 0. The minimum absolute atomic E-state index is 0.118. The summed E-state index contributed by atoms with van der Waals surface area (Å²) in [7, 11) is 0. The van der Waals surface area contributed by atoms with Gasteiger partial charge in [-0.3, -0.25) is 4.79 Å². The second kappa shape index (κ2) is 5.67. The predicted octanol–water partition coefficient (Wildman–Crippen LogP) is 2.37. The number of rotatable bonds is 3. The van der Waals surface area contributed by atoms with Gasteiger partial charge >= 0.3 is 0 Å². The van der Waals surface area contributed by atoms with Gasteiger partial charge in [0.25, 0.3) is 5.91 Å². The molecule has 0 fully saturated rings. The van der Waals surface area contributed by atoms with Crippen molar-refractivity contribution < 1.29 is 4.79 Å². The second-order valence-corrected chi connectivity index (χ2v) is 5.26. The number of hydrogen-bond acceptors (Lipinski definition) is 6. The Kier molecular flexibility index (Phi) is 3.96. The van der Waals surface area contributed by atoms with Crippen molar-refractivity contribution in [3.05, 3.63) is 34.3 Å². The average molecular weight is 287 g/mol. The fourth-order valence-electron chi connectivity index (χ4n) is 1.66. The first-order chi connectivity index (χ1) is 9.52. The third-order valence-electron chi connectivity index (χ3n) is 2.70. The zero-order chi connectivity index (χ0) is 14.7. The largest absolute Gasteiger partial charge is 0.397 e. The SMILES string of the molecule is CC(C)c1nnsc1C(=O)Nc1ccc(C#N)cc1N. The number of carbonyl (C=O) groups excluding carboxylic acids is 1. The average Bonchev–Trinajstić information content (AvgIpc) is 2.90. The fourth-order valence-corrected chi connectivity index (χ4v) is 2.37. The Hall–Kier alpha value is -2.46. The molecule has 0 bridgehead atoms. The highest BCUT2D eigenvalue weighted by Gasteiger charge is 2.19. The fraction of sp³-hybridized carbons (Fsp3) is 0.231. The zero-order valence-corrected chi connectivity index (χ0v) is 11.9. The van der Waals surface area contributed by atoms with Crippen LogP contribution in [-0.2, 0) is 0 Å². The van der Waals surface area contributed by atoms with Crippen LogP contribution >= 0.6 is 11.5 Å². The van der Waals surface area contributed by atoms with Gasteiger partial charge in [-0.05, 0) is 35.6 Å². The Morgan fingerprint density at radius 3 is 2.85 bits per heavy atom. The number of nitrogen functional groups attached to an aromatic ring is 1. The number of carbonyl (C=O) groups is 1. The molecule has 6 nitrogen and oxygen atoms in total. The van der Waals surface area contributed by atoms with Gasteiger partial charge in [-0.1, -0.05) is 18.3 Å². The number of nitrogens with two attached hydrogens (primary N) is 1. The Bertz CT molecular complexity index is 686. The van der Waals surface area contributed by atoms with Crippen molar-refractivity contribution in [3.8, 4) is 6.07 Å². The lowest BCUT2D eigenvalue weighted by Crippen LogP contribution is -2.14. The molecule has 1 aromatic carbocycles. The molecule has 0 radical (unpaired) electrons. The second-order valence-electron chi connectivity index (χ2n) is 4.51. The molecular formula is C13H13N5OS. The van der Waals surface area contributed by atoms with E-state index >= 15 is 0 Å². The number of amides is 1. The van der Waals surface area contributed by atoms with Crippen molar-refractivity contribution in [2.75, 3.05) is 11.1 Å². The normalized spacial score (nSPS) is 10.3. The molecule has 0 aliphatic heterocycles. The van der Waals surface area contributed by atoms with Crippen LogP contribution in [0.3, 0.4) is 0 Å². The maximum atomic E-state index is 12.2. The topological polar surface area (TPSA) is 105 Å². The summed E-state index contributed by atoms with van der Waals surface area (Å²) < 4.78 is 3.81. The lowest BCUT2D eigenvalue weighted by Gasteiger charge is -2.08. The number of nitrogens with one attached hydrogen (secondary N) is 1. The van der Waals surface area contributed by atoms with Crippen molar-refractivity contribution in [2.45, 2.75) is 19.8 Å². The minimum atomic E-state index is -0.292. The van der Waals surface area contributed by atoms with Crippen molar-refractivity contribution in [1.29, 1.82) is 5.26 Å². The summed E-state index contributed by atoms with van der Waals surface area (Å²) >= 11 is 1.05. The number of aromatic nitrogens is 2. The summed E-state index contributed by atoms with van der Waals surface area (Å²) in [5.74, 6) is -0.173. The van der Waals surface area contributed by atoms with E-state index in [4.69, 9.17) is 11.0 Å². The molecule has 0 aliphatic carbocycles. The number of hydrogen-bond donors (Lipinski definition) is 2. The van der Waals surface area contributed by atoms with Gasteiger partial charge in [-0.2, -0.15) is 5.26 Å². The van der Waals surface area contributed by atoms with Gasteiger partial charge in [0.1, 0.15) is 4.88 Å². The zero-order valence-electron chi connectivity index (χ0n) is 11.0. The highest BCUT2D eigenvalue weighted by Crippen LogP contribution is 2.24. The Morgan fingerprint density at radius 1 is 1.50 bits per heavy atom. The van der Waals surface area contributed by atoms with E-state index in [0.29, 0.717) is 27.5 Å². The van der Waals surface area contributed by atoms with Crippen LogP contribution in [0.1, 0.15) is 40.7 Å². The molecule has 1 aromatic heterocycles. The molecule has 2 aromatic rings. The molecule has 3 N–H and O–H groups in total. The summed E-state index contributed by atoms with van der Waals surface area (Å²) in [6, 6.07) is 6.71. The van der Waals surface area contributed by atoms with E-state index in [1.54, 1.807) is 12.1 Å². The van der Waals surface area contributed by atoms with E-state index in [0.717, 1.165) is 11.5 Å². The van der Waals surface area contributed by atoms with Gasteiger partial charge in [0.15, 0.2) is 0 Å². The van der Waals surface area contributed by atoms with Gasteiger partial charge in [-0.25, -0.2) is 0 Å². The van der Waals surface area contributed by atoms with E-state index in [-0.39, 0.29) is 11.8 Å². The summed E-state index contributed by atoms with van der Waals surface area (Å²) in [5, 5.41) is 15.5. The standard InChI is InChI=1S/C13H13N5OS/c1-7(2)11-12(20-18-17-11)13(19)16-10-4-3-8(6-14)5-9(10)15/h3-5,7H,15H2,1-2H3,(H,16,19). The number of benzene rings is 1. The van der Waals surface area contributed by atoms with Crippen molar-refractivity contribution in [2.24, 2.45) is 0 Å². The third-order valence-corrected chi connectivity index (χ3v) is 3.44. The van der Waals surface area contributed by atoms with Crippen molar-refractivity contribution in [1.82, 2.24) is 9.59 Å². The third kappa shape index (κ3) is 2.75. The molecule has 0 unspecified atom stereocenters. The quantitative estimate of drug-likeness (QED) is 0.843. The van der Waals surface area contributed by atoms with Crippen molar-refractivity contribution in [3.63, 3.8) is 0 Å². The first-order valence-corrected chi connectivity index (χ1v) is 6.73. The summed E-state index contributed by atoms with van der Waals surface area (Å²) in [5.41, 5.74) is 7.73. The molecule has 0 saturated carbocycles. The summed E-state index contributed by atoms with van der Waals surface area (Å²) in [4.78, 5) is 12.7. The first kappa shape index (κ1) is 14.0. The molecule has 20 heavy (non-hydrogen) atoms. The lowest BCUT2D eigenvalue weighted by molar-refractivity contribution is 0.102. The molecule has 1 heterocycles. The van der Waals surface area contributed by atoms with Crippen LogP contribution in [0.4, 0.5) is 11.4 Å². The van der Waals surface area contributed by atoms with Gasteiger partial charge in [0, 0.05) is 0 Å². The van der Waals surface area contributed by atoms with Gasteiger partial charge in [0.2, 0.25) is 0 Å². The van der Waals surface area contributed by atoms with Crippen LogP contribution in [0.5, 0.6) is 0 Å². The highest BCUT2D eigenvalue weighted by molar-refractivity contribution is 7.08. The van der Waals surface area contributed by atoms with Crippen LogP contribution in [0.2, 0.25) is 0 Å². The van der Waals surface area contributed by atoms with Gasteiger partial charge in [0.05, 0.1) is 28.7 Å². The van der Waals surface area contributed by atoms with Crippen LogP contribution < -0.4 is 11.1 Å². The molecule has 0 aliphatic rings. The molecule has 102 valence electrons. The van der Waals surface area contributed by atoms with E-state index in [1.807, 2.05) is 19.9 Å². The van der Waals surface area contributed by atoms with Crippen LogP contribution in [0.25, 0.3) is 0 Å². The summed E-state index contributed by atoms with van der Waals surface area (Å²) in [6.45, 7) is 3.90. The molecule has 1 amide bonds. The minimum Gasteiger partial charge on any atom is -0.397 e. The highest BCUT2D eigenvalue weighted by atomic mass is 32.1. The molecule has 0 spiro atoms. The number of nitrogens with zero attached hydrogens (tertiary/aromatic N) is 3. The van der Waals surface area contributed by atoms with E-state index in [1.165, 1.54) is 6.07 Å². The Balaban J connectivity index is 2.24. The Labute approximate surface area is 120 Å². The van der Waals surface area contributed by atoms with E-state index in [9.17, 15) is 4.79 Å². The van der Waals surface area contributed by atoms with Crippen molar-refractivity contribution >= 4 is 28.8 Å². The van der Waals surface area contributed by atoms with E-state index in [2.05, 4.69) is 14.9 Å². The molecule has 2 rings (SSSR count). The number of nitriles is 1. The van der Waals surface area contributed by atoms with E-state index < -0.39 is 0 Å². The van der Waals surface area contributed by atoms with Crippen LogP contribution in [0, 0.1) is 11.3 Å². The monoisotopic (exact) mass is 287 g/mol. The van der Waals surface area contributed by atoms with Crippen LogP contribution in [-0.4, -0.2) is 15.5 Å². The van der Waals surface area contributed by atoms with Crippen LogP contribution in [0.15, 0.2) is 18.2 Å². The lowest BCUT2D eigenvalue weighted by atomic mass is 10.1. The maximum absolute atomic E-state index is 12.2. The Morgan fingerprint density at radius 2 is 2.25 bits per heavy atom. The smallest absolute Gasteiger partial charge is 0.269 e. The maximum Gasteiger partial charge on any atom is 0.269 e. The molecule has 0 saturated heterocycles. The van der Waals surface area contributed by atoms with Gasteiger partial charge < -0.3 is 11.1 Å². The van der Waals surface area contributed by atoms with Gasteiger partial charge in [-0.15, -0.1) is 5.10 Å². The predicted molar refractivity (Wildman–Crippen MR) is 77.5 cm³/mol. The molecular weight excluding hydrogens is 274 g/mol.